The van der Waals surface area contributed by atoms with Crippen LogP contribution in [0, 0.1) is 6.92 Å². The number of aryl methyl sites for hydroxylation is 1. The second kappa shape index (κ2) is 8.21. The third-order valence-corrected chi connectivity index (χ3v) is 6.23. The fraction of sp³-hybridized carbons (Fsp3) is 0.588. The van der Waals surface area contributed by atoms with Crippen molar-refractivity contribution in [3.63, 3.8) is 0 Å². The molecule has 24 heavy (non-hydrogen) atoms. The molecule has 1 unspecified atom stereocenters. The first kappa shape index (κ1) is 19.1. The molecule has 0 aliphatic carbocycles. The number of hydrogen-bond acceptors (Lipinski definition) is 4. The molecule has 0 N–H and O–H groups in total. The van der Waals surface area contributed by atoms with E-state index in [2.05, 4.69) is 0 Å². The van der Waals surface area contributed by atoms with Gasteiger partial charge in [0.1, 0.15) is 5.75 Å². The van der Waals surface area contributed by atoms with Crippen LogP contribution in [0.4, 0.5) is 0 Å². The zero-order valence-corrected chi connectivity index (χ0v) is 15.7. The summed E-state index contributed by atoms with van der Waals surface area (Å²) < 4.78 is 28.9. The van der Waals surface area contributed by atoms with E-state index in [1.807, 2.05) is 26.0 Å². The van der Waals surface area contributed by atoms with E-state index in [1.165, 1.54) is 0 Å². The number of halogens is 1. The van der Waals surface area contributed by atoms with Crippen molar-refractivity contribution < 1.29 is 17.9 Å². The highest BCUT2D eigenvalue weighted by Crippen LogP contribution is 2.22. The Hall–Kier alpha value is -1.27. The molecule has 1 aromatic carbocycles. The first-order chi connectivity index (χ1) is 11.3. The largest absolute Gasteiger partial charge is 0.493 e. The normalized spacial score (nSPS) is 19.2. The molecule has 0 spiro atoms. The van der Waals surface area contributed by atoms with E-state index >= 15 is 0 Å². The summed E-state index contributed by atoms with van der Waals surface area (Å²) in [6, 6.07) is 5.25. The molecular formula is C17H24ClNO4S. The van der Waals surface area contributed by atoms with Crippen molar-refractivity contribution in [1.82, 2.24) is 4.90 Å². The predicted octanol–water partition coefficient (Wildman–Crippen LogP) is 2.84. The Bertz CT molecular complexity index is 690. The number of carbonyl (C=O) groups excluding carboxylic acids is 1. The average Bonchev–Trinajstić information content (AvgIpc) is 2.86. The molecular weight excluding hydrogens is 350 g/mol. The molecule has 1 fully saturated rings. The molecule has 1 aromatic rings. The monoisotopic (exact) mass is 373 g/mol. The van der Waals surface area contributed by atoms with Gasteiger partial charge < -0.3 is 9.64 Å². The number of amides is 1. The third-order valence-electron chi connectivity index (χ3n) is 4.24. The van der Waals surface area contributed by atoms with E-state index in [0.717, 1.165) is 11.3 Å². The Kier molecular flexibility index (Phi) is 6.52. The summed E-state index contributed by atoms with van der Waals surface area (Å²) in [6.45, 7) is 4.78. The molecule has 0 saturated carbocycles. The fourth-order valence-electron chi connectivity index (χ4n) is 2.98. The summed E-state index contributed by atoms with van der Waals surface area (Å²) in [7, 11) is -2.98. The van der Waals surface area contributed by atoms with Gasteiger partial charge >= 0.3 is 0 Å². The number of rotatable bonds is 7. The first-order valence-corrected chi connectivity index (χ1v) is 10.4. The summed E-state index contributed by atoms with van der Waals surface area (Å²) in [6.07, 6.45) is 1.50. The molecule has 5 nitrogen and oxygen atoms in total. The summed E-state index contributed by atoms with van der Waals surface area (Å²) >= 11 is 5.90. The Labute approximate surface area is 148 Å². The number of ether oxygens (including phenoxy) is 1. The van der Waals surface area contributed by atoms with Gasteiger partial charge in [-0.2, -0.15) is 0 Å². The molecule has 134 valence electrons. The van der Waals surface area contributed by atoms with Crippen molar-refractivity contribution in [3.8, 4) is 5.75 Å². The SMILES string of the molecule is CCN(C(=O)CCCOc1ccc(Cl)cc1C)C1CCS(=O)(=O)C1. The molecule has 1 heterocycles. The van der Waals surface area contributed by atoms with Crippen molar-refractivity contribution in [1.29, 1.82) is 0 Å². The molecule has 1 atom stereocenters. The van der Waals surface area contributed by atoms with Crippen LogP contribution >= 0.6 is 11.6 Å². The lowest BCUT2D eigenvalue weighted by atomic mass is 10.2. The quantitative estimate of drug-likeness (QED) is 0.689. The molecule has 0 aromatic heterocycles. The van der Waals surface area contributed by atoms with Crippen molar-refractivity contribution in [2.24, 2.45) is 0 Å². The van der Waals surface area contributed by atoms with Crippen LogP contribution in [0.15, 0.2) is 18.2 Å². The topological polar surface area (TPSA) is 63.7 Å². The highest BCUT2D eigenvalue weighted by atomic mass is 35.5. The van der Waals surface area contributed by atoms with E-state index < -0.39 is 9.84 Å². The zero-order valence-electron chi connectivity index (χ0n) is 14.1. The van der Waals surface area contributed by atoms with Gasteiger partial charge in [-0.05, 0) is 50.5 Å². The van der Waals surface area contributed by atoms with Gasteiger partial charge in [0.25, 0.3) is 0 Å². The maximum Gasteiger partial charge on any atom is 0.222 e. The Morgan fingerprint density at radius 3 is 2.75 bits per heavy atom. The number of hydrogen-bond donors (Lipinski definition) is 0. The number of sulfone groups is 1. The second-order valence-corrected chi connectivity index (χ2v) is 8.76. The number of carbonyl (C=O) groups is 1. The minimum absolute atomic E-state index is 0.00368. The lowest BCUT2D eigenvalue weighted by Gasteiger charge is -2.27. The van der Waals surface area contributed by atoms with Crippen LogP contribution in [0.25, 0.3) is 0 Å². The highest BCUT2D eigenvalue weighted by Gasteiger charge is 2.33. The average molecular weight is 374 g/mol. The van der Waals surface area contributed by atoms with Gasteiger partial charge in [-0.1, -0.05) is 11.6 Å². The minimum atomic E-state index is -2.98. The van der Waals surface area contributed by atoms with E-state index in [4.69, 9.17) is 16.3 Å². The van der Waals surface area contributed by atoms with Gasteiger partial charge in [0, 0.05) is 24.0 Å². The van der Waals surface area contributed by atoms with Crippen molar-refractivity contribution in [3.05, 3.63) is 28.8 Å². The van der Waals surface area contributed by atoms with Crippen molar-refractivity contribution >= 4 is 27.3 Å². The van der Waals surface area contributed by atoms with Gasteiger partial charge in [0.15, 0.2) is 9.84 Å². The standard InChI is InChI=1S/C17H24ClNO4S/c1-3-19(15-8-10-24(21,22)12-15)17(20)5-4-9-23-16-7-6-14(18)11-13(16)2/h6-7,11,15H,3-5,8-10,12H2,1-2H3. The summed E-state index contributed by atoms with van der Waals surface area (Å²) in [4.78, 5) is 14.0. The number of benzene rings is 1. The highest BCUT2D eigenvalue weighted by molar-refractivity contribution is 7.91. The van der Waals surface area contributed by atoms with Crippen LogP contribution in [0.3, 0.4) is 0 Å². The van der Waals surface area contributed by atoms with Crippen LogP contribution < -0.4 is 4.74 Å². The van der Waals surface area contributed by atoms with Crippen LogP contribution in [0.5, 0.6) is 5.75 Å². The molecule has 1 saturated heterocycles. The fourth-order valence-corrected chi connectivity index (χ4v) is 4.94. The Balaban J connectivity index is 1.79. The molecule has 0 radical (unpaired) electrons. The molecule has 2 rings (SSSR count). The van der Waals surface area contributed by atoms with Gasteiger partial charge in [-0.15, -0.1) is 0 Å². The summed E-state index contributed by atoms with van der Waals surface area (Å²) in [5.41, 5.74) is 0.958. The molecule has 0 bridgehead atoms. The molecule has 1 aliphatic heterocycles. The lowest BCUT2D eigenvalue weighted by Crippen LogP contribution is -2.41. The van der Waals surface area contributed by atoms with E-state index in [1.54, 1.807) is 11.0 Å². The van der Waals surface area contributed by atoms with E-state index in [-0.39, 0.29) is 23.5 Å². The lowest BCUT2D eigenvalue weighted by molar-refractivity contribution is -0.133. The van der Waals surface area contributed by atoms with Gasteiger partial charge in [-0.3, -0.25) is 4.79 Å². The van der Waals surface area contributed by atoms with Gasteiger partial charge in [0.2, 0.25) is 5.91 Å². The van der Waals surface area contributed by atoms with E-state index in [9.17, 15) is 13.2 Å². The molecule has 7 heteroatoms. The predicted molar refractivity (Wildman–Crippen MR) is 95.4 cm³/mol. The first-order valence-electron chi connectivity index (χ1n) is 8.21. The van der Waals surface area contributed by atoms with Crippen molar-refractivity contribution in [2.45, 2.75) is 39.2 Å². The maximum absolute atomic E-state index is 12.4. The summed E-state index contributed by atoms with van der Waals surface area (Å²) in [5, 5.41) is 0.667. The maximum atomic E-state index is 12.4. The molecule has 1 aliphatic rings. The van der Waals surface area contributed by atoms with Crippen LogP contribution in [-0.2, 0) is 14.6 Å². The third kappa shape index (κ3) is 5.11. The minimum Gasteiger partial charge on any atom is -0.493 e. The second-order valence-electron chi connectivity index (χ2n) is 6.10. The van der Waals surface area contributed by atoms with Crippen LogP contribution in [0.2, 0.25) is 5.02 Å². The Morgan fingerprint density at radius 2 is 2.17 bits per heavy atom. The van der Waals surface area contributed by atoms with Crippen LogP contribution in [0.1, 0.15) is 31.7 Å². The Morgan fingerprint density at radius 1 is 1.42 bits per heavy atom. The van der Waals surface area contributed by atoms with E-state index in [0.29, 0.717) is 37.4 Å². The smallest absolute Gasteiger partial charge is 0.222 e. The molecule has 1 amide bonds. The zero-order chi connectivity index (χ0) is 17.7. The number of nitrogens with zero attached hydrogens (tertiary/aromatic N) is 1. The summed E-state index contributed by atoms with van der Waals surface area (Å²) in [5.74, 6) is 1.03. The van der Waals surface area contributed by atoms with Crippen molar-refractivity contribution in [2.75, 3.05) is 24.7 Å². The van der Waals surface area contributed by atoms with Gasteiger partial charge in [0.05, 0.1) is 18.1 Å². The van der Waals surface area contributed by atoms with Gasteiger partial charge in [-0.25, -0.2) is 8.42 Å². The van der Waals surface area contributed by atoms with Crippen LogP contribution in [-0.4, -0.2) is 49.9 Å².